The first-order chi connectivity index (χ1) is 26.8. The SMILES string of the molecule is NC(=O)c1nn(-c2ccc(N3CCN(CC4CCN(c5ccc(CN6CCC(=O)NC6=O)cc5F)CC4)CC3)cc2)cc1NC(=O)c1cccc(C(F)(F)F)n1. The molecule has 3 aliphatic rings. The number of imide groups is 1. The number of halogens is 4. The van der Waals surface area contributed by atoms with Crippen LogP contribution < -0.4 is 26.2 Å². The van der Waals surface area contributed by atoms with Crippen LogP contribution >= 0.6 is 0 Å². The van der Waals surface area contributed by atoms with Gasteiger partial charge in [0.1, 0.15) is 17.2 Å². The summed E-state index contributed by atoms with van der Waals surface area (Å²) in [6.07, 6.45) is -1.24. The number of piperazine rings is 1. The lowest BCUT2D eigenvalue weighted by Crippen LogP contribution is -2.49. The summed E-state index contributed by atoms with van der Waals surface area (Å²) in [5.74, 6) is -2.01. The topological polar surface area (TPSA) is 162 Å². The van der Waals surface area contributed by atoms with Crippen LogP contribution in [0.2, 0.25) is 0 Å². The molecule has 3 aliphatic heterocycles. The van der Waals surface area contributed by atoms with Crippen molar-refractivity contribution in [2.75, 3.05) is 67.5 Å². The molecule has 0 saturated carbocycles. The van der Waals surface area contributed by atoms with E-state index in [0.29, 0.717) is 29.4 Å². The molecule has 0 spiro atoms. The molecule has 56 heavy (non-hydrogen) atoms. The molecule has 0 bridgehead atoms. The molecule has 4 aromatic rings. The molecule has 0 atom stereocenters. The molecule has 0 radical (unpaired) electrons. The minimum Gasteiger partial charge on any atom is -0.369 e. The Kier molecular flexibility index (Phi) is 10.9. The van der Waals surface area contributed by atoms with Crippen LogP contribution in [0.15, 0.2) is 66.9 Å². The first-order valence-corrected chi connectivity index (χ1v) is 18.3. The van der Waals surface area contributed by atoms with Gasteiger partial charge in [-0.15, -0.1) is 0 Å². The molecule has 2 aromatic heterocycles. The highest BCUT2D eigenvalue weighted by molar-refractivity contribution is 6.07. The number of anilines is 3. The van der Waals surface area contributed by atoms with Gasteiger partial charge in [-0.05, 0) is 72.9 Å². The Hall–Kier alpha value is -6.04. The summed E-state index contributed by atoms with van der Waals surface area (Å²) in [5.41, 5.74) is 6.24. The third-order valence-corrected chi connectivity index (χ3v) is 10.3. The maximum absolute atomic E-state index is 15.2. The fourth-order valence-corrected chi connectivity index (χ4v) is 7.29. The number of alkyl halides is 3. The quantitative estimate of drug-likeness (QED) is 0.200. The zero-order chi connectivity index (χ0) is 39.6. The normalized spacial score (nSPS) is 17.2. The van der Waals surface area contributed by atoms with Crippen molar-refractivity contribution in [3.8, 4) is 5.69 Å². The van der Waals surface area contributed by atoms with Crippen LogP contribution in [0.3, 0.4) is 0 Å². The van der Waals surface area contributed by atoms with E-state index in [4.69, 9.17) is 5.73 Å². The molecule has 5 amide bonds. The first kappa shape index (κ1) is 38.2. The third kappa shape index (κ3) is 8.75. The van der Waals surface area contributed by atoms with Gasteiger partial charge >= 0.3 is 12.2 Å². The second-order valence-electron chi connectivity index (χ2n) is 14.1. The van der Waals surface area contributed by atoms with Gasteiger partial charge in [-0.1, -0.05) is 12.1 Å². The molecule has 294 valence electrons. The van der Waals surface area contributed by atoms with E-state index in [0.717, 1.165) is 82.5 Å². The summed E-state index contributed by atoms with van der Waals surface area (Å²) in [5, 5.41) is 8.90. The van der Waals surface area contributed by atoms with Crippen molar-refractivity contribution >= 4 is 40.8 Å². The van der Waals surface area contributed by atoms with E-state index in [1.165, 1.54) is 21.8 Å². The standard InChI is InChI=1S/C38H40F4N10O4/c39-28-20-25(22-51-15-12-33(53)46-37(51)56)4-9-31(28)50-13-10-24(11-14-50)21-48-16-18-49(19-17-48)26-5-7-27(8-6-26)52-23-30(34(47-52)35(43)54)45-36(55)29-2-1-3-32(44-29)38(40,41)42/h1-9,20,23-24H,10-19,21-22H2,(H2,43,54)(H,45,55)(H,46,53,56). The summed E-state index contributed by atoms with van der Waals surface area (Å²) in [6, 6.07) is 15.0. The number of primary amides is 1. The van der Waals surface area contributed by atoms with Gasteiger partial charge in [0.25, 0.3) is 11.8 Å². The number of nitrogens with one attached hydrogen (secondary N) is 2. The average molecular weight is 777 g/mol. The maximum atomic E-state index is 15.2. The smallest absolute Gasteiger partial charge is 0.369 e. The zero-order valence-corrected chi connectivity index (χ0v) is 30.3. The summed E-state index contributed by atoms with van der Waals surface area (Å²) in [6.45, 7) is 6.42. The number of benzene rings is 2. The second kappa shape index (κ2) is 16.0. The molecule has 3 saturated heterocycles. The first-order valence-electron chi connectivity index (χ1n) is 18.3. The van der Waals surface area contributed by atoms with Crippen molar-refractivity contribution in [1.82, 2.24) is 29.9 Å². The predicted molar refractivity (Wildman–Crippen MR) is 198 cm³/mol. The van der Waals surface area contributed by atoms with Crippen LogP contribution in [0.25, 0.3) is 5.69 Å². The molecule has 0 unspecified atom stereocenters. The number of urea groups is 1. The lowest BCUT2D eigenvalue weighted by atomic mass is 9.95. The highest BCUT2D eigenvalue weighted by Gasteiger charge is 2.33. The number of hydrogen-bond donors (Lipinski definition) is 3. The van der Waals surface area contributed by atoms with Gasteiger partial charge < -0.3 is 25.8 Å². The maximum Gasteiger partial charge on any atom is 0.433 e. The Bertz CT molecular complexity index is 2110. The van der Waals surface area contributed by atoms with Gasteiger partial charge in [0.15, 0.2) is 5.69 Å². The number of nitrogens with two attached hydrogens (primary N) is 1. The summed E-state index contributed by atoms with van der Waals surface area (Å²) in [4.78, 5) is 60.1. The largest absolute Gasteiger partial charge is 0.433 e. The van der Waals surface area contributed by atoms with Crippen molar-refractivity contribution in [2.45, 2.75) is 32.0 Å². The number of piperidine rings is 1. The summed E-state index contributed by atoms with van der Waals surface area (Å²) >= 11 is 0. The van der Waals surface area contributed by atoms with Crippen molar-refractivity contribution < 1.29 is 36.7 Å². The fourth-order valence-electron chi connectivity index (χ4n) is 7.29. The van der Waals surface area contributed by atoms with Crippen molar-refractivity contribution in [3.05, 3.63) is 95.3 Å². The van der Waals surface area contributed by atoms with Gasteiger partial charge in [0.05, 0.1) is 23.3 Å². The van der Waals surface area contributed by atoms with Gasteiger partial charge in [-0.2, -0.15) is 18.3 Å². The monoisotopic (exact) mass is 776 g/mol. The van der Waals surface area contributed by atoms with Crippen LogP contribution in [0.5, 0.6) is 0 Å². The summed E-state index contributed by atoms with van der Waals surface area (Å²) < 4.78 is 55.9. The van der Waals surface area contributed by atoms with E-state index < -0.39 is 35.4 Å². The van der Waals surface area contributed by atoms with Crippen molar-refractivity contribution in [2.24, 2.45) is 11.7 Å². The Labute approximate surface area is 319 Å². The molecular formula is C38H40F4N10O4. The van der Waals surface area contributed by atoms with E-state index in [2.05, 4.69) is 35.4 Å². The van der Waals surface area contributed by atoms with Crippen LogP contribution in [-0.4, -0.2) is 101 Å². The third-order valence-electron chi connectivity index (χ3n) is 10.3. The molecule has 5 heterocycles. The van der Waals surface area contributed by atoms with Crippen LogP contribution in [0, 0.1) is 11.7 Å². The lowest BCUT2D eigenvalue weighted by Gasteiger charge is -2.40. The Morgan fingerprint density at radius 2 is 1.61 bits per heavy atom. The minimum atomic E-state index is -4.73. The Balaban J connectivity index is 0.885. The molecule has 4 N–H and O–H groups in total. The summed E-state index contributed by atoms with van der Waals surface area (Å²) in [7, 11) is 0. The van der Waals surface area contributed by atoms with E-state index in [-0.39, 0.29) is 36.1 Å². The predicted octanol–water partition coefficient (Wildman–Crippen LogP) is 4.26. The van der Waals surface area contributed by atoms with E-state index >= 15 is 4.39 Å². The number of aromatic nitrogens is 3. The van der Waals surface area contributed by atoms with E-state index in [1.54, 1.807) is 18.2 Å². The number of pyridine rings is 1. The Morgan fingerprint density at radius 1 is 0.893 bits per heavy atom. The minimum absolute atomic E-state index is 0.0732. The second-order valence-corrected chi connectivity index (χ2v) is 14.1. The van der Waals surface area contributed by atoms with E-state index in [9.17, 15) is 32.3 Å². The van der Waals surface area contributed by atoms with Crippen LogP contribution in [0.1, 0.15) is 51.5 Å². The zero-order valence-electron chi connectivity index (χ0n) is 30.3. The molecule has 3 fully saturated rings. The molecular weight excluding hydrogens is 736 g/mol. The lowest BCUT2D eigenvalue weighted by molar-refractivity contribution is -0.141. The van der Waals surface area contributed by atoms with E-state index in [1.807, 2.05) is 18.2 Å². The highest BCUT2D eigenvalue weighted by Crippen LogP contribution is 2.30. The van der Waals surface area contributed by atoms with Gasteiger partial charge in [0, 0.05) is 71.0 Å². The number of nitrogens with zero attached hydrogens (tertiary/aromatic N) is 7. The average Bonchev–Trinajstić information content (AvgIpc) is 3.61. The molecule has 2 aromatic carbocycles. The number of carbonyl (C=O) groups is 4. The Morgan fingerprint density at radius 3 is 2.27 bits per heavy atom. The number of carbonyl (C=O) groups excluding carboxylic acids is 4. The fraction of sp³-hybridized carbons (Fsp3) is 0.368. The van der Waals surface area contributed by atoms with Crippen LogP contribution in [0.4, 0.5) is 39.4 Å². The molecule has 7 rings (SSSR count). The van der Waals surface area contributed by atoms with Crippen molar-refractivity contribution in [3.63, 3.8) is 0 Å². The molecule has 18 heteroatoms. The number of hydrogen-bond acceptors (Lipinski definition) is 9. The highest BCUT2D eigenvalue weighted by atomic mass is 19.4. The van der Waals surface area contributed by atoms with Gasteiger partial charge in [-0.3, -0.25) is 24.6 Å². The molecule has 14 nitrogen and oxygen atoms in total. The number of rotatable bonds is 10. The van der Waals surface area contributed by atoms with Crippen molar-refractivity contribution in [1.29, 1.82) is 0 Å². The van der Waals surface area contributed by atoms with Crippen LogP contribution in [-0.2, 0) is 17.5 Å². The van der Waals surface area contributed by atoms with Gasteiger partial charge in [-0.25, -0.2) is 18.9 Å². The molecule has 0 aliphatic carbocycles. The number of amides is 5. The van der Waals surface area contributed by atoms with Gasteiger partial charge in [0.2, 0.25) is 5.91 Å².